The Kier molecular flexibility index (Phi) is 5.70. The van der Waals surface area contributed by atoms with Crippen LogP contribution in [0.2, 0.25) is 25.7 Å². The van der Waals surface area contributed by atoms with Gasteiger partial charge in [0.15, 0.2) is 11.4 Å². The van der Waals surface area contributed by atoms with Gasteiger partial charge in [-0.05, 0) is 30.5 Å². The van der Waals surface area contributed by atoms with E-state index in [0.29, 0.717) is 13.2 Å². The average molecular weight is 424 g/mol. The Balaban J connectivity index is 1.70. The van der Waals surface area contributed by atoms with Crippen LogP contribution in [0.4, 0.5) is 0 Å². The van der Waals surface area contributed by atoms with Crippen LogP contribution in [0.1, 0.15) is 24.8 Å². The number of aryl methyl sites for hydroxylation is 1. The Morgan fingerprint density at radius 3 is 2.70 bits per heavy atom. The van der Waals surface area contributed by atoms with Gasteiger partial charge >= 0.3 is 0 Å². The largest absolute Gasteiger partial charge is 0.361 e. The van der Waals surface area contributed by atoms with Gasteiger partial charge in [0, 0.05) is 51.7 Å². The SMILES string of the molecule is Cn1cc(-c2cnc3c(n2)c(C2=CC(=O)CCC2)cn3COCC[Si](C)(C)C)cn1. The summed E-state index contributed by atoms with van der Waals surface area (Å²) in [5, 5.41) is 4.24. The quantitative estimate of drug-likeness (QED) is 0.419. The predicted octanol–water partition coefficient (Wildman–Crippen LogP) is 4.28. The molecule has 0 atom stereocenters. The van der Waals surface area contributed by atoms with Gasteiger partial charge in [-0.3, -0.25) is 9.48 Å². The number of allylic oxidation sites excluding steroid dienone is 2. The van der Waals surface area contributed by atoms with E-state index in [2.05, 4.69) is 24.7 Å². The van der Waals surface area contributed by atoms with Crippen LogP contribution >= 0.6 is 0 Å². The first-order valence-electron chi connectivity index (χ1n) is 10.5. The molecule has 0 amide bonds. The molecule has 0 bridgehead atoms. The summed E-state index contributed by atoms with van der Waals surface area (Å²) in [6.07, 6.45) is 11.7. The third kappa shape index (κ3) is 4.60. The molecule has 0 spiro atoms. The van der Waals surface area contributed by atoms with Gasteiger partial charge in [0.25, 0.3) is 0 Å². The average Bonchev–Trinajstić information content (AvgIpc) is 3.28. The molecule has 3 heterocycles. The Labute approximate surface area is 177 Å². The van der Waals surface area contributed by atoms with Crippen LogP contribution in [-0.2, 0) is 23.3 Å². The highest BCUT2D eigenvalue weighted by Crippen LogP contribution is 2.32. The predicted molar refractivity (Wildman–Crippen MR) is 121 cm³/mol. The maximum Gasteiger partial charge on any atom is 0.161 e. The number of rotatable bonds is 7. The molecule has 0 fully saturated rings. The summed E-state index contributed by atoms with van der Waals surface area (Å²) >= 11 is 0. The standard InChI is InChI=1S/C22H29N5O2Si/c1-26-13-17(11-24-26)20-12-23-22-21(25-20)19(16-6-5-7-18(28)10-16)14-27(22)15-29-8-9-30(2,3)4/h10-14H,5-9,15H2,1-4H3. The highest BCUT2D eigenvalue weighted by Gasteiger charge is 2.20. The molecule has 3 aromatic heterocycles. The summed E-state index contributed by atoms with van der Waals surface area (Å²) in [4.78, 5) is 21.7. The number of hydrogen-bond acceptors (Lipinski definition) is 5. The van der Waals surface area contributed by atoms with Crippen molar-refractivity contribution >= 4 is 30.6 Å². The minimum atomic E-state index is -1.14. The summed E-state index contributed by atoms with van der Waals surface area (Å²) in [5.41, 5.74) is 5.30. The molecule has 0 N–H and O–H groups in total. The fourth-order valence-electron chi connectivity index (χ4n) is 3.62. The van der Waals surface area contributed by atoms with Gasteiger partial charge in [-0.1, -0.05) is 19.6 Å². The first-order valence-corrected chi connectivity index (χ1v) is 14.2. The lowest BCUT2D eigenvalue weighted by Gasteiger charge is -2.15. The number of aromatic nitrogens is 5. The third-order valence-electron chi connectivity index (χ3n) is 5.34. The van der Waals surface area contributed by atoms with E-state index >= 15 is 0 Å². The molecular formula is C22H29N5O2Si. The van der Waals surface area contributed by atoms with Gasteiger partial charge < -0.3 is 9.30 Å². The fourth-order valence-corrected chi connectivity index (χ4v) is 4.38. The molecule has 1 aliphatic carbocycles. The summed E-state index contributed by atoms with van der Waals surface area (Å²) in [6.45, 7) is 8.21. The van der Waals surface area contributed by atoms with E-state index in [-0.39, 0.29) is 5.78 Å². The zero-order valence-electron chi connectivity index (χ0n) is 18.2. The molecule has 0 aliphatic heterocycles. The second-order valence-electron chi connectivity index (χ2n) is 9.18. The molecule has 8 heteroatoms. The zero-order chi connectivity index (χ0) is 21.3. The van der Waals surface area contributed by atoms with Crippen molar-refractivity contribution in [3.05, 3.63) is 36.4 Å². The normalized spacial score (nSPS) is 15.1. The smallest absolute Gasteiger partial charge is 0.161 e. The van der Waals surface area contributed by atoms with Crippen LogP contribution in [0, 0.1) is 0 Å². The van der Waals surface area contributed by atoms with Crippen LogP contribution in [0.15, 0.2) is 30.9 Å². The molecule has 7 nitrogen and oxygen atoms in total. The Hall–Kier alpha value is -2.58. The lowest BCUT2D eigenvalue weighted by atomic mass is 9.94. The van der Waals surface area contributed by atoms with E-state index in [0.717, 1.165) is 59.1 Å². The number of carbonyl (C=O) groups excluding carboxylic acids is 1. The van der Waals surface area contributed by atoms with Gasteiger partial charge in [0.2, 0.25) is 0 Å². The van der Waals surface area contributed by atoms with E-state index in [9.17, 15) is 4.79 Å². The number of fused-ring (bicyclic) bond motifs is 1. The van der Waals surface area contributed by atoms with E-state index in [1.807, 2.05) is 24.0 Å². The van der Waals surface area contributed by atoms with Crippen LogP contribution in [-0.4, -0.2) is 44.8 Å². The Bertz CT molecular complexity index is 1110. The zero-order valence-corrected chi connectivity index (χ0v) is 19.2. The number of ether oxygens (including phenoxy) is 1. The molecule has 0 unspecified atom stereocenters. The number of nitrogens with zero attached hydrogens (tertiary/aromatic N) is 5. The summed E-state index contributed by atoms with van der Waals surface area (Å²) in [6, 6.07) is 1.12. The Morgan fingerprint density at radius 1 is 1.17 bits per heavy atom. The number of carbonyl (C=O) groups is 1. The lowest BCUT2D eigenvalue weighted by Crippen LogP contribution is -2.22. The Morgan fingerprint density at radius 2 is 2.00 bits per heavy atom. The molecule has 0 saturated carbocycles. The molecule has 3 aromatic rings. The van der Waals surface area contributed by atoms with Gasteiger partial charge in [0.1, 0.15) is 12.2 Å². The maximum atomic E-state index is 12.0. The monoisotopic (exact) mass is 423 g/mol. The van der Waals surface area contributed by atoms with Gasteiger partial charge in [0.05, 0.1) is 18.1 Å². The second kappa shape index (κ2) is 8.27. The van der Waals surface area contributed by atoms with E-state index < -0.39 is 8.07 Å². The maximum absolute atomic E-state index is 12.0. The molecule has 158 valence electrons. The van der Waals surface area contributed by atoms with Crippen LogP contribution in [0.3, 0.4) is 0 Å². The van der Waals surface area contributed by atoms with Crippen molar-refractivity contribution in [1.29, 1.82) is 0 Å². The molecule has 1 aliphatic rings. The van der Waals surface area contributed by atoms with E-state index in [4.69, 9.17) is 14.7 Å². The van der Waals surface area contributed by atoms with Crippen molar-refractivity contribution in [3.8, 4) is 11.3 Å². The topological polar surface area (TPSA) is 74.8 Å². The molecule has 0 radical (unpaired) electrons. The van der Waals surface area contributed by atoms with Gasteiger partial charge in [-0.2, -0.15) is 5.10 Å². The third-order valence-corrected chi connectivity index (χ3v) is 7.05. The van der Waals surface area contributed by atoms with Crippen molar-refractivity contribution < 1.29 is 9.53 Å². The molecular weight excluding hydrogens is 394 g/mol. The molecule has 4 rings (SSSR count). The lowest BCUT2D eigenvalue weighted by molar-refractivity contribution is -0.114. The summed E-state index contributed by atoms with van der Waals surface area (Å²) < 4.78 is 9.73. The first-order chi connectivity index (χ1) is 14.3. The van der Waals surface area contributed by atoms with Crippen molar-refractivity contribution in [2.45, 2.75) is 51.7 Å². The van der Waals surface area contributed by atoms with Crippen molar-refractivity contribution in [2.75, 3.05) is 6.61 Å². The van der Waals surface area contributed by atoms with E-state index in [1.165, 1.54) is 0 Å². The second-order valence-corrected chi connectivity index (χ2v) is 14.8. The first kappa shape index (κ1) is 20.7. The highest BCUT2D eigenvalue weighted by molar-refractivity contribution is 6.76. The minimum Gasteiger partial charge on any atom is -0.361 e. The fraction of sp³-hybridized carbons (Fsp3) is 0.455. The number of ketones is 1. The minimum absolute atomic E-state index is 0.180. The summed E-state index contributed by atoms with van der Waals surface area (Å²) in [7, 11) is 0.745. The molecule has 30 heavy (non-hydrogen) atoms. The van der Waals surface area contributed by atoms with Crippen molar-refractivity contribution in [3.63, 3.8) is 0 Å². The van der Waals surface area contributed by atoms with Gasteiger partial charge in [-0.25, -0.2) is 9.97 Å². The van der Waals surface area contributed by atoms with E-state index in [1.54, 1.807) is 23.2 Å². The molecule has 0 aromatic carbocycles. The molecule has 0 saturated heterocycles. The van der Waals surface area contributed by atoms with Crippen LogP contribution < -0.4 is 0 Å². The highest BCUT2D eigenvalue weighted by atomic mass is 28.3. The van der Waals surface area contributed by atoms with Crippen LogP contribution in [0.5, 0.6) is 0 Å². The van der Waals surface area contributed by atoms with Gasteiger partial charge in [-0.15, -0.1) is 0 Å². The van der Waals surface area contributed by atoms with Crippen molar-refractivity contribution in [1.82, 2.24) is 24.3 Å². The van der Waals surface area contributed by atoms with Crippen LogP contribution in [0.25, 0.3) is 28.0 Å². The van der Waals surface area contributed by atoms with Crippen molar-refractivity contribution in [2.24, 2.45) is 7.05 Å². The summed E-state index contributed by atoms with van der Waals surface area (Å²) in [5.74, 6) is 0.180. The number of hydrogen-bond donors (Lipinski definition) is 0.